The number of alkyl halides is 3. The number of allylic oxidation sites excluding steroid dienone is 2. The second kappa shape index (κ2) is 5.39. The molecule has 0 saturated heterocycles. The van der Waals surface area contributed by atoms with Crippen LogP contribution in [0.25, 0.3) is 5.70 Å². The van der Waals surface area contributed by atoms with Gasteiger partial charge in [-0.3, -0.25) is 15.6 Å². The van der Waals surface area contributed by atoms with E-state index in [0.29, 0.717) is 17.1 Å². The Kier molecular flexibility index (Phi) is 3.79. The fraction of sp³-hybridized carbons (Fsp3) is 0.154. The van der Waals surface area contributed by atoms with Crippen LogP contribution in [0.2, 0.25) is 0 Å². The van der Waals surface area contributed by atoms with Gasteiger partial charge in [-0.15, -0.1) is 0 Å². The minimum atomic E-state index is -4.48. The normalized spacial score (nSPS) is 14.5. The van der Waals surface area contributed by atoms with Gasteiger partial charge >= 0.3 is 6.18 Å². The lowest BCUT2D eigenvalue weighted by Crippen LogP contribution is -2.35. The Hall–Kier alpha value is -2.64. The Labute approximate surface area is 118 Å². The molecule has 0 atom stereocenters. The Balaban J connectivity index is 2.48. The van der Waals surface area contributed by atoms with Crippen LogP contribution in [0.4, 0.5) is 18.9 Å². The highest BCUT2D eigenvalue weighted by atomic mass is 19.4. The van der Waals surface area contributed by atoms with E-state index in [2.05, 4.69) is 16.2 Å². The summed E-state index contributed by atoms with van der Waals surface area (Å²) in [5.74, 6) is -0.0956. The number of nitrogens with two attached hydrogens (primary N) is 1. The summed E-state index contributed by atoms with van der Waals surface area (Å²) in [6.07, 6.45) is -1.33. The number of halogens is 3. The summed E-state index contributed by atoms with van der Waals surface area (Å²) in [7, 11) is 0. The molecule has 0 saturated carbocycles. The van der Waals surface area contributed by atoms with Gasteiger partial charge in [0.05, 0.1) is 16.9 Å². The molecule has 1 aliphatic heterocycles. The van der Waals surface area contributed by atoms with Gasteiger partial charge in [0, 0.05) is 12.5 Å². The quantitative estimate of drug-likeness (QED) is 0.672. The summed E-state index contributed by atoms with van der Waals surface area (Å²) >= 11 is 0. The SMILES string of the molecule is CC(=O)Nc1cc(C(F)(F)F)ccc1C1=CC=C(N)NN1. The molecular formula is C13H13F3N4O. The zero-order valence-corrected chi connectivity index (χ0v) is 11.0. The number of rotatable bonds is 2. The Bertz CT molecular complexity index is 635. The van der Waals surface area contributed by atoms with Crippen molar-refractivity contribution in [3.05, 3.63) is 47.3 Å². The number of hydrogen-bond donors (Lipinski definition) is 4. The van der Waals surface area contributed by atoms with Crippen LogP contribution >= 0.6 is 0 Å². The highest BCUT2D eigenvalue weighted by Crippen LogP contribution is 2.34. The first kappa shape index (κ1) is 14.8. The van der Waals surface area contributed by atoms with Gasteiger partial charge in [-0.05, 0) is 24.3 Å². The zero-order chi connectivity index (χ0) is 15.6. The standard InChI is InChI=1S/C13H13F3N4O/c1-7(21)18-11-6-8(13(14,15)16)2-3-9(11)10-4-5-12(17)20-19-10/h2-6,19-20H,17H2,1H3,(H,18,21). The summed E-state index contributed by atoms with van der Waals surface area (Å²) in [6.45, 7) is 1.23. The van der Waals surface area contributed by atoms with Crippen molar-refractivity contribution in [2.24, 2.45) is 5.73 Å². The van der Waals surface area contributed by atoms with E-state index in [4.69, 9.17) is 5.73 Å². The molecule has 5 nitrogen and oxygen atoms in total. The van der Waals surface area contributed by atoms with E-state index in [-0.39, 0.29) is 5.69 Å². The molecule has 21 heavy (non-hydrogen) atoms. The molecule has 5 N–H and O–H groups in total. The number of anilines is 1. The third-order valence-electron chi connectivity index (χ3n) is 2.72. The molecule has 1 aliphatic rings. The van der Waals surface area contributed by atoms with Gasteiger partial charge < -0.3 is 11.1 Å². The van der Waals surface area contributed by atoms with E-state index in [1.54, 1.807) is 12.2 Å². The average molecular weight is 298 g/mol. The zero-order valence-electron chi connectivity index (χ0n) is 11.0. The monoisotopic (exact) mass is 298 g/mol. The van der Waals surface area contributed by atoms with Crippen molar-refractivity contribution in [3.63, 3.8) is 0 Å². The molecule has 1 amide bonds. The second-order valence-corrected chi connectivity index (χ2v) is 4.39. The maximum atomic E-state index is 12.7. The topological polar surface area (TPSA) is 79.2 Å². The lowest BCUT2D eigenvalue weighted by Gasteiger charge is -2.20. The minimum absolute atomic E-state index is 0.0618. The van der Waals surface area contributed by atoms with Gasteiger partial charge in [0.1, 0.15) is 5.82 Å². The van der Waals surface area contributed by atoms with Crippen molar-refractivity contribution in [3.8, 4) is 0 Å². The van der Waals surface area contributed by atoms with Crippen LogP contribution in [0.15, 0.2) is 36.2 Å². The molecule has 0 unspecified atom stereocenters. The Morgan fingerprint density at radius 3 is 2.48 bits per heavy atom. The lowest BCUT2D eigenvalue weighted by molar-refractivity contribution is -0.137. The van der Waals surface area contributed by atoms with Crippen LogP contribution in [-0.2, 0) is 11.0 Å². The number of benzene rings is 1. The first-order valence-corrected chi connectivity index (χ1v) is 5.96. The Morgan fingerprint density at radius 1 is 1.24 bits per heavy atom. The van der Waals surface area contributed by atoms with Crippen molar-refractivity contribution in [1.82, 2.24) is 10.9 Å². The van der Waals surface area contributed by atoms with Gasteiger partial charge in [-0.25, -0.2) is 0 Å². The molecule has 112 valence electrons. The van der Waals surface area contributed by atoms with Crippen LogP contribution in [0, 0.1) is 0 Å². The molecule has 1 aromatic carbocycles. The van der Waals surface area contributed by atoms with Crippen LogP contribution in [0.3, 0.4) is 0 Å². The molecule has 0 bridgehead atoms. The van der Waals surface area contributed by atoms with Crippen LogP contribution in [0.1, 0.15) is 18.1 Å². The number of carbonyl (C=O) groups is 1. The van der Waals surface area contributed by atoms with Crippen molar-refractivity contribution in [2.75, 3.05) is 5.32 Å². The number of hydrogen-bond acceptors (Lipinski definition) is 4. The highest BCUT2D eigenvalue weighted by Gasteiger charge is 2.31. The Morgan fingerprint density at radius 2 is 1.95 bits per heavy atom. The number of nitrogens with one attached hydrogen (secondary N) is 3. The lowest BCUT2D eigenvalue weighted by atomic mass is 10.0. The molecule has 0 radical (unpaired) electrons. The molecule has 0 aromatic heterocycles. The summed E-state index contributed by atoms with van der Waals surface area (Å²) in [5.41, 5.74) is 11.0. The van der Waals surface area contributed by atoms with E-state index >= 15 is 0 Å². The average Bonchev–Trinajstić information content (AvgIpc) is 2.38. The van der Waals surface area contributed by atoms with Crippen molar-refractivity contribution in [1.29, 1.82) is 0 Å². The predicted molar refractivity (Wildman–Crippen MR) is 72.3 cm³/mol. The molecule has 2 rings (SSSR count). The van der Waals surface area contributed by atoms with Crippen molar-refractivity contribution in [2.45, 2.75) is 13.1 Å². The highest BCUT2D eigenvalue weighted by molar-refractivity contribution is 5.93. The molecule has 1 aromatic rings. The summed E-state index contributed by atoms with van der Waals surface area (Å²) in [4.78, 5) is 11.2. The first-order valence-electron chi connectivity index (χ1n) is 5.96. The van der Waals surface area contributed by atoms with Gasteiger partial charge in [-0.1, -0.05) is 6.07 Å². The van der Waals surface area contributed by atoms with E-state index < -0.39 is 17.6 Å². The smallest absolute Gasteiger partial charge is 0.384 e. The molecular weight excluding hydrogens is 285 g/mol. The summed E-state index contributed by atoms with van der Waals surface area (Å²) in [6, 6.07) is 3.12. The van der Waals surface area contributed by atoms with Crippen LogP contribution in [-0.4, -0.2) is 5.91 Å². The van der Waals surface area contributed by atoms with E-state index in [1.165, 1.54) is 13.0 Å². The van der Waals surface area contributed by atoms with E-state index in [9.17, 15) is 18.0 Å². The fourth-order valence-corrected chi connectivity index (χ4v) is 1.80. The maximum absolute atomic E-state index is 12.7. The fourth-order valence-electron chi connectivity index (χ4n) is 1.80. The maximum Gasteiger partial charge on any atom is 0.416 e. The molecule has 0 fully saturated rings. The largest absolute Gasteiger partial charge is 0.416 e. The number of amides is 1. The van der Waals surface area contributed by atoms with Gasteiger partial charge in [0.25, 0.3) is 0 Å². The van der Waals surface area contributed by atoms with Gasteiger partial charge in [0.2, 0.25) is 5.91 Å². The van der Waals surface area contributed by atoms with Crippen LogP contribution in [0.5, 0.6) is 0 Å². The summed E-state index contributed by atoms with van der Waals surface area (Å²) < 4.78 is 38.2. The third kappa shape index (κ3) is 3.47. The minimum Gasteiger partial charge on any atom is -0.384 e. The van der Waals surface area contributed by atoms with Gasteiger partial charge in [0.15, 0.2) is 0 Å². The number of carbonyl (C=O) groups excluding carboxylic acids is 1. The molecule has 1 heterocycles. The number of hydrazine groups is 1. The second-order valence-electron chi connectivity index (χ2n) is 4.39. The van der Waals surface area contributed by atoms with Gasteiger partial charge in [-0.2, -0.15) is 13.2 Å². The first-order chi connectivity index (χ1) is 9.77. The molecule has 0 aliphatic carbocycles. The molecule has 0 spiro atoms. The van der Waals surface area contributed by atoms with E-state index in [0.717, 1.165) is 12.1 Å². The summed E-state index contributed by atoms with van der Waals surface area (Å²) in [5, 5.41) is 2.39. The van der Waals surface area contributed by atoms with Crippen LogP contribution < -0.4 is 21.9 Å². The van der Waals surface area contributed by atoms with E-state index in [1.807, 2.05) is 0 Å². The predicted octanol–water partition coefficient (Wildman–Crippen LogP) is 1.91. The van der Waals surface area contributed by atoms with Crippen molar-refractivity contribution < 1.29 is 18.0 Å². The third-order valence-corrected chi connectivity index (χ3v) is 2.72. The molecule has 8 heteroatoms. The van der Waals surface area contributed by atoms with Crippen molar-refractivity contribution >= 4 is 17.3 Å².